The number of methoxy groups -OCH3 is 2. The molecular weight excluding hydrogens is 594 g/mol. The lowest BCUT2D eigenvalue weighted by atomic mass is 9.83. The smallest absolute Gasteiger partial charge is 0.178 e. The van der Waals surface area contributed by atoms with Crippen LogP contribution >= 0.6 is 0 Å². The molecule has 0 bridgehead atoms. The molecule has 0 saturated carbocycles. The van der Waals surface area contributed by atoms with Gasteiger partial charge in [-0.05, 0) is 42.5 Å². The maximum absolute atomic E-state index is 7.17. The third kappa shape index (κ3) is 6.24. The van der Waals surface area contributed by atoms with Gasteiger partial charge in [0, 0.05) is 33.4 Å². The van der Waals surface area contributed by atoms with Crippen LogP contribution < -0.4 is 9.47 Å². The molecule has 5 aromatic carbocycles. The molecule has 0 fully saturated rings. The van der Waals surface area contributed by atoms with Crippen molar-refractivity contribution >= 4 is 11.8 Å². The second-order valence-electron chi connectivity index (χ2n) is 11.2. The van der Waals surface area contributed by atoms with Crippen LogP contribution in [0.4, 0.5) is 0 Å². The number of benzene rings is 5. The van der Waals surface area contributed by atoms with Gasteiger partial charge in [0.25, 0.3) is 0 Å². The van der Waals surface area contributed by atoms with Gasteiger partial charge in [-0.15, -0.1) is 0 Å². The SMILES string of the molecule is COc1ccc(C2(c3ccc(OC)cc3)C=CC(/C=C/c3nc(-c4ccccc4)nc(-c4ccccc4)n3)=C(c3ccccc3)O2)cc1. The lowest BCUT2D eigenvalue weighted by Gasteiger charge is -2.37. The molecule has 6 aromatic rings. The van der Waals surface area contributed by atoms with Gasteiger partial charge in [-0.1, -0.05) is 121 Å². The molecule has 0 radical (unpaired) electrons. The normalized spacial score (nSPS) is 13.7. The van der Waals surface area contributed by atoms with Crippen LogP contribution in [0.2, 0.25) is 0 Å². The van der Waals surface area contributed by atoms with Gasteiger partial charge in [-0.3, -0.25) is 0 Å². The van der Waals surface area contributed by atoms with E-state index in [4.69, 9.17) is 29.2 Å². The molecule has 0 aliphatic carbocycles. The van der Waals surface area contributed by atoms with Crippen LogP contribution in [0.1, 0.15) is 22.5 Å². The Morgan fingerprint density at radius 1 is 0.521 bits per heavy atom. The van der Waals surface area contributed by atoms with E-state index < -0.39 is 5.60 Å². The highest BCUT2D eigenvalue weighted by Crippen LogP contribution is 2.44. The van der Waals surface area contributed by atoms with Gasteiger partial charge in [-0.2, -0.15) is 0 Å². The first kappa shape index (κ1) is 30.4. The van der Waals surface area contributed by atoms with E-state index in [0.717, 1.165) is 50.6 Å². The number of nitrogens with zero attached hydrogens (tertiary/aromatic N) is 3. The van der Waals surface area contributed by atoms with E-state index in [1.54, 1.807) is 14.2 Å². The van der Waals surface area contributed by atoms with Crippen molar-refractivity contribution in [3.05, 3.63) is 186 Å². The first-order chi connectivity index (χ1) is 23.6. The van der Waals surface area contributed by atoms with E-state index in [1.807, 2.05) is 140 Å². The lowest BCUT2D eigenvalue weighted by molar-refractivity contribution is 0.123. The Balaban J connectivity index is 1.35. The topological polar surface area (TPSA) is 66.4 Å². The fraction of sp³-hybridized carbons (Fsp3) is 0.0714. The van der Waals surface area contributed by atoms with Crippen molar-refractivity contribution in [2.24, 2.45) is 0 Å². The first-order valence-electron chi connectivity index (χ1n) is 15.7. The molecule has 0 unspecified atom stereocenters. The van der Waals surface area contributed by atoms with Crippen molar-refractivity contribution in [1.29, 1.82) is 0 Å². The molecule has 1 aromatic heterocycles. The summed E-state index contributed by atoms with van der Waals surface area (Å²) in [6, 6.07) is 46.0. The van der Waals surface area contributed by atoms with Crippen LogP contribution in [0.25, 0.3) is 34.6 Å². The maximum atomic E-state index is 7.17. The fourth-order valence-corrected chi connectivity index (χ4v) is 5.70. The first-order valence-corrected chi connectivity index (χ1v) is 15.7. The Morgan fingerprint density at radius 3 is 1.44 bits per heavy atom. The number of hydrogen-bond acceptors (Lipinski definition) is 6. The number of hydrogen-bond donors (Lipinski definition) is 0. The van der Waals surface area contributed by atoms with Crippen molar-refractivity contribution in [2.45, 2.75) is 5.60 Å². The zero-order valence-electron chi connectivity index (χ0n) is 26.7. The van der Waals surface area contributed by atoms with E-state index >= 15 is 0 Å². The number of aromatic nitrogens is 3. The van der Waals surface area contributed by atoms with Crippen LogP contribution in [0.15, 0.2) is 163 Å². The van der Waals surface area contributed by atoms with Crippen LogP contribution in [0.5, 0.6) is 11.5 Å². The van der Waals surface area contributed by atoms with E-state index in [0.29, 0.717) is 17.5 Å². The molecule has 234 valence electrons. The highest BCUT2D eigenvalue weighted by Gasteiger charge is 2.38. The zero-order valence-corrected chi connectivity index (χ0v) is 26.7. The lowest BCUT2D eigenvalue weighted by Crippen LogP contribution is -2.30. The predicted octanol–water partition coefficient (Wildman–Crippen LogP) is 9.18. The average Bonchev–Trinajstić information content (AvgIpc) is 3.18. The third-order valence-corrected chi connectivity index (χ3v) is 8.23. The molecule has 2 heterocycles. The van der Waals surface area contributed by atoms with Gasteiger partial charge in [0.05, 0.1) is 14.2 Å². The molecule has 48 heavy (non-hydrogen) atoms. The molecule has 6 nitrogen and oxygen atoms in total. The number of allylic oxidation sites excluding steroid dienone is 3. The van der Waals surface area contributed by atoms with Crippen LogP contribution in [-0.2, 0) is 10.3 Å². The largest absolute Gasteiger partial charge is 0.497 e. The molecule has 0 N–H and O–H groups in total. The minimum Gasteiger partial charge on any atom is -0.497 e. The highest BCUT2D eigenvalue weighted by atomic mass is 16.5. The summed E-state index contributed by atoms with van der Waals surface area (Å²) in [5.74, 6) is 4.02. The van der Waals surface area contributed by atoms with E-state index in [2.05, 4.69) is 24.3 Å². The Hall–Kier alpha value is -6.27. The Kier molecular flexibility index (Phi) is 8.62. The monoisotopic (exact) mass is 627 g/mol. The van der Waals surface area contributed by atoms with E-state index in [1.165, 1.54) is 0 Å². The summed E-state index contributed by atoms with van der Waals surface area (Å²) in [5, 5.41) is 0. The van der Waals surface area contributed by atoms with Gasteiger partial charge < -0.3 is 14.2 Å². The molecule has 0 atom stereocenters. The fourth-order valence-electron chi connectivity index (χ4n) is 5.70. The quantitative estimate of drug-likeness (QED) is 0.159. The van der Waals surface area contributed by atoms with Crippen molar-refractivity contribution in [3.63, 3.8) is 0 Å². The molecular formula is C42H33N3O3. The standard InChI is InChI=1S/C42H33N3O3/c1-46-36-23-19-34(20-24-36)42(35-21-25-37(47-2)26-22-35)29-28-31(39(48-42)30-12-6-3-7-13-30)18-27-38-43-40(32-14-8-4-9-15-32)45-41(44-38)33-16-10-5-11-17-33/h3-29H,1-2H3/b27-18+. The van der Waals surface area contributed by atoms with Gasteiger partial charge in [0.15, 0.2) is 23.1 Å². The summed E-state index contributed by atoms with van der Waals surface area (Å²) < 4.78 is 18.1. The van der Waals surface area contributed by atoms with E-state index in [-0.39, 0.29) is 0 Å². The summed E-state index contributed by atoms with van der Waals surface area (Å²) >= 11 is 0. The van der Waals surface area contributed by atoms with Crippen molar-refractivity contribution in [1.82, 2.24) is 15.0 Å². The van der Waals surface area contributed by atoms with Gasteiger partial charge in [0.1, 0.15) is 17.3 Å². The summed E-state index contributed by atoms with van der Waals surface area (Å²) in [5.41, 5.74) is 4.65. The average molecular weight is 628 g/mol. The molecule has 1 aliphatic heterocycles. The summed E-state index contributed by atoms with van der Waals surface area (Å²) in [7, 11) is 3.33. The third-order valence-electron chi connectivity index (χ3n) is 8.23. The van der Waals surface area contributed by atoms with E-state index in [9.17, 15) is 0 Å². The molecule has 1 aliphatic rings. The summed E-state index contributed by atoms with van der Waals surface area (Å²) in [6.45, 7) is 0. The predicted molar refractivity (Wildman–Crippen MR) is 190 cm³/mol. The van der Waals surface area contributed by atoms with Crippen LogP contribution in [0, 0.1) is 0 Å². The van der Waals surface area contributed by atoms with Gasteiger partial charge in [-0.25, -0.2) is 15.0 Å². The van der Waals surface area contributed by atoms with Crippen molar-refractivity contribution in [2.75, 3.05) is 14.2 Å². The molecule has 0 saturated heterocycles. The van der Waals surface area contributed by atoms with Crippen molar-refractivity contribution in [3.8, 4) is 34.3 Å². The summed E-state index contributed by atoms with van der Waals surface area (Å²) in [6.07, 6.45) is 8.12. The van der Waals surface area contributed by atoms with Gasteiger partial charge in [0.2, 0.25) is 0 Å². The van der Waals surface area contributed by atoms with Crippen LogP contribution in [0.3, 0.4) is 0 Å². The second kappa shape index (κ2) is 13.6. The molecule has 0 amide bonds. The van der Waals surface area contributed by atoms with Crippen molar-refractivity contribution < 1.29 is 14.2 Å². The second-order valence-corrected chi connectivity index (χ2v) is 11.2. The summed E-state index contributed by atoms with van der Waals surface area (Å²) in [4.78, 5) is 14.5. The maximum Gasteiger partial charge on any atom is 0.178 e. The molecule has 6 heteroatoms. The van der Waals surface area contributed by atoms with Crippen LogP contribution in [-0.4, -0.2) is 29.2 Å². The van der Waals surface area contributed by atoms with Gasteiger partial charge >= 0.3 is 0 Å². The number of rotatable bonds is 9. The number of ether oxygens (including phenoxy) is 3. The zero-order chi connectivity index (χ0) is 32.8. The Morgan fingerprint density at radius 2 is 0.979 bits per heavy atom. The Labute approximate surface area is 280 Å². The molecule has 0 spiro atoms. The minimum absolute atomic E-state index is 0.540. The molecule has 7 rings (SSSR count). The minimum atomic E-state index is -0.921. The highest BCUT2D eigenvalue weighted by molar-refractivity contribution is 5.74. The Bertz CT molecular complexity index is 1990.